The van der Waals surface area contributed by atoms with Crippen LogP contribution in [0.25, 0.3) is 11.3 Å². The molecule has 4 rings (SSSR count). The molecule has 0 saturated carbocycles. The quantitative estimate of drug-likeness (QED) is 0.359. The molecule has 3 aromatic carbocycles. The SMILES string of the molecule is Cc1ccc(-c2cnc(SCc3ccc(F)cc3)n2Cc2ccccc2)cc1. The van der Waals surface area contributed by atoms with E-state index in [1.807, 2.05) is 24.4 Å². The Morgan fingerprint density at radius 3 is 2.29 bits per heavy atom. The molecule has 0 amide bonds. The molecule has 0 spiro atoms. The van der Waals surface area contributed by atoms with Crippen LogP contribution in [0, 0.1) is 12.7 Å². The van der Waals surface area contributed by atoms with Crippen molar-refractivity contribution in [2.75, 3.05) is 0 Å². The summed E-state index contributed by atoms with van der Waals surface area (Å²) in [6, 6.07) is 25.6. The summed E-state index contributed by atoms with van der Waals surface area (Å²) in [6.07, 6.45) is 1.95. The van der Waals surface area contributed by atoms with Gasteiger partial charge < -0.3 is 4.57 Å². The minimum atomic E-state index is -0.207. The third-order valence-corrected chi connectivity index (χ3v) is 5.69. The molecule has 2 nitrogen and oxygen atoms in total. The molecule has 28 heavy (non-hydrogen) atoms. The van der Waals surface area contributed by atoms with Gasteiger partial charge in [-0.2, -0.15) is 0 Å². The number of hydrogen-bond acceptors (Lipinski definition) is 2. The van der Waals surface area contributed by atoms with E-state index in [1.165, 1.54) is 23.3 Å². The van der Waals surface area contributed by atoms with E-state index in [1.54, 1.807) is 11.8 Å². The van der Waals surface area contributed by atoms with Crippen LogP contribution in [-0.4, -0.2) is 9.55 Å². The predicted molar refractivity (Wildman–Crippen MR) is 114 cm³/mol. The fraction of sp³-hybridized carbons (Fsp3) is 0.125. The van der Waals surface area contributed by atoms with E-state index < -0.39 is 0 Å². The summed E-state index contributed by atoms with van der Waals surface area (Å²) in [5.41, 5.74) is 5.81. The van der Waals surface area contributed by atoms with Crippen LogP contribution in [0.4, 0.5) is 4.39 Å². The minimum absolute atomic E-state index is 0.207. The van der Waals surface area contributed by atoms with E-state index in [2.05, 4.69) is 60.0 Å². The molecule has 0 fully saturated rings. The molecule has 0 bridgehead atoms. The van der Waals surface area contributed by atoms with Gasteiger partial charge in [-0.15, -0.1) is 0 Å². The monoisotopic (exact) mass is 388 g/mol. The van der Waals surface area contributed by atoms with E-state index >= 15 is 0 Å². The fourth-order valence-corrected chi connectivity index (χ4v) is 4.01. The Balaban J connectivity index is 1.65. The number of aryl methyl sites for hydroxylation is 1. The fourth-order valence-electron chi connectivity index (χ4n) is 3.08. The number of aromatic nitrogens is 2. The lowest BCUT2D eigenvalue weighted by Gasteiger charge is -2.12. The lowest BCUT2D eigenvalue weighted by molar-refractivity contribution is 0.627. The number of thioether (sulfide) groups is 1. The Morgan fingerprint density at radius 1 is 0.857 bits per heavy atom. The number of benzene rings is 3. The molecule has 0 atom stereocenters. The summed E-state index contributed by atoms with van der Waals surface area (Å²) in [5.74, 6) is 0.542. The first-order valence-corrected chi connectivity index (χ1v) is 10.2. The molecule has 0 saturated heterocycles. The second kappa shape index (κ2) is 8.44. The van der Waals surface area contributed by atoms with Crippen LogP contribution in [0.5, 0.6) is 0 Å². The molecule has 4 heteroatoms. The molecule has 0 unspecified atom stereocenters. The molecule has 1 heterocycles. The standard InChI is InChI=1S/C24H21FN2S/c1-18-7-11-21(12-8-18)23-15-26-24(27(23)16-19-5-3-2-4-6-19)28-17-20-9-13-22(25)14-10-20/h2-15H,16-17H2,1H3. The van der Waals surface area contributed by atoms with Crippen molar-refractivity contribution in [1.29, 1.82) is 0 Å². The van der Waals surface area contributed by atoms with Crippen molar-refractivity contribution in [3.63, 3.8) is 0 Å². The Kier molecular flexibility index (Phi) is 5.58. The van der Waals surface area contributed by atoms with Gasteiger partial charge in [0.1, 0.15) is 5.82 Å². The zero-order chi connectivity index (χ0) is 19.3. The zero-order valence-corrected chi connectivity index (χ0v) is 16.5. The van der Waals surface area contributed by atoms with Crippen molar-refractivity contribution >= 4 is 11.8 Å². The largest absolute Gasteiger partial charge is 0.314 e. The van der Waals surface area contributed by atoms with Crippen molar-refractivity contribution < 1.29 is 4.39 Å². The lowest BCUT2D eigenvalue weighted by atomic mass is 10.1. The van der Waals surface area contributed by atoms with Gasteiger partial charge in [0.05, 0.1) is 18.4 Å². The van der Waals surface area contributed by atoms with Gasteiger partial charge >= 0.3 is 0 Å². The molecule has 1 aromatic heterocycles. The van der Waals surface area contributed by atoms with Crippen LogP contribution in [-0.2, 0) is 12.3 Å². The molecule has 0 N–H and O–H groups in total. The summed E-state index contributed by atoms with van der Waals surface area (Å²) in [6.45, 7) is 2.85. The Bertz CT molecular complexity index is 1040. The van der Waals surface area contributed by atoms with E-state index in [0.717, 1.165) is 34.3 Å². The summed E-state index contributed by atoms with van der Waals surface area (Å²) in [7, 11) is 0. The number of rotatable bonds is 6. The van der Waals surface area contributed by atoms with Gasteiger partial charge in [0, 0.05) is 5.75 Å². The average Bonchev–Trinajstić information content (AvgIpc) is 3.11. The van der Waals surface area contributed by atoms with Crippen molar-refractivity contribution in [3.8, 4) is 11.3 Å². The number of nitrogens with zero attached hydrogens (tertiary/aromatic N) is 2. The Morgan fingerprint density at radius 2 is 1.57 bits per heavy atom. The highest BCUT2D eigenvalue weighted by Gasteiger charge is 2.13. The van der Waals surface area contributed by atoms with Gasteiger partial charge in [0.2, 0.25) is 0 Å². The maximum Gasteiger partial charge on any atom is 0.169 e. The van der Waals surface area contributed by atoms with Crippen LogP contribution in [0.15, 0.2) is 90.2 Å². The van der Waals surface area contributed by atoms with Crippen molar-refractivity contribution in [3.05, 3.63) is 108 Å². The first-order chi connectivity index (χ1) is 13.7. The normalized spacial score (nSPS) is 10.9. The number of halogens is 1. The van der Waals surface area contributed by atoms with E-state index in [9.17, 15) is 4.39 Å². The van der Waals surface area contributed by atoms with Gasteiger partial charge in [-0.25, -0.2) is 9.37 Å². The first kappa shape index (κ1) is 18.5. The average molecular weight is 389 g/mol. The van der Waals surface area contributed by atoms with Gasteiger partial charge in [0.25, 0.3) is 0 Å². The van der Waals surface area contributed by atoms with Gasteiger partial charge in [-0.05, 0) is 35.7 Å². The highest BCUT2D eigenvalue weighted by Crippen LogP contribution is 2.29. The van der Waals surface area contributed by atoms with Crippen LogP contribution in [0.3, 0.4) is 0 Å². The molecule has 140 valence electrons. The van der Waals surface area contributed by atoms with Gasteiger partial charge in [-0.3, -0.25) is 0 Å². The number of hydrogen-bond donors (Lipinski definition) is 0. The first-order valence-electron chi connectivity index (χ1n) is 9.23. The van der Waals surface area contributed by atoms with Crippen molar-refractivity contribution in [1.82, 2.24) is 9.55 Å². The minimum Gasteiger partial charge on any atom is -0.314 e. The topological polar surface area (TPSA) is 17.8 Å². The third-order valence-electron chi connectivity index (χ3n) is 4.63. The summed E-state index contributed by atoms with van der Waals surface area (Å²) in [5, 5.41) is 0.962. The van der Waals surface area contributed by atoms with E-state index in [0.29, 0.717) is 0 Å². The van der Waals surface area contributed by atoms with Crippen molar-refractivity contribution in [2.24, 2.45) is 0 Å². The molecule has 0 aliphatic carbocycles. The van der Waals surface area contributed by atoms with Crippen LogP contribution < -0.4 is 0 Å². The van der Waals surface area contributed by atoms with Crippen LogP contribution in [0.1, 0.15) is 16.7 Å². The molecular weight excluding hydrogens is 367 g/mol. The second-order valence-corrected chi connectivity index (χ2v) is 7.72. The van der Waals surface area contributed by atoms with Gasteiger partial charge in [-0.1, -0.05) is 84.1 Å². The summed E-state index contributed by atoms with van der Waals surface area (Å²) >= 11 is 1.67. The highest BCUT2D eigenvalue weighted by molar-refractivity contribution is 7.98. The Labute approximate surface area is 169 Å². The number of imidazole rings is 1. The molecule has 4 aromatic rings. The smallest absolute Gasteiger partial charge is 0.169 e. The Hall–Kier alpha value is -2.85. The van der Waals surface area contributed by atoms with Crippen molar-refractivity contribution in [2.45, 2.75) is 24.4 Å². The summed E-state index contributed by atoms with van der Waals surface area (Å²) < 4.78 is 15.4. The lowest BCUT2D eigenvalue weighted by Crippen LogP contribution is -2.04. The predicted octanol–water partition coefficient (Wildman–Crippen LogP) is 6.34. The van der Waals surface area contributed by atoms with E-state index in [-0.39, 0.29) is 5.82 Å². The molecule has 0 radical (unpaired) electrons. The highest BCUT2D eigenvalue weighted by atomic mass is 32.2. The second-order valence-electron chi connectivity index (χ2n) is 6.78. The van der Waals surface area contributed by atoms with E-state index in [4.69, 9.17) is 4.98 Å². The zero-order valence-electron chi connectivity index (χ0n) is 15.7. The van der Waals surface area contributed by atoms with Gasteiger partial charge in [0.15, 0.2) is 5.16 Å². The molecule has 0 aliphatic rings. The summed E-state index contributed by atoms with van der Waals surface area (Å²) in [4.78, 5) is 4.70. The van der Waals surface area contributed by atoms with Crippen LogP contribution in [0.2, 0.25) is 0 Å². The maximum absolute atomic E-state index is 13.2. The van der Waals surface area contributed by atoms with Crippen LogP contribution >= 0.6 is 11.8 Å². The molecular formula is C24H21FN2S. The maximum atomic E-state index is 13.2. The molecule has 0 aliphatic heterocycles. The third kappa shape index (κ3) is 4.34.